The summed E-state index contributed by atoms with van der Waals surface area (Å²) in [4.78, 5) is 40.6. The summed E-state index contributed by atoms with van der Waals surface area (Å²) < 4.78 is 0. The first-order valence-electron chi connectivity index (χ1n) is 11.1. The molecule has 6 heteroatoms. The molecule has 0 saturated heterocycles. The fourth-order valence-corrected chi connectivity index (χ4v) is 4.44. The molecule has 0 fully saturated rings. The number of carbonyl (C=O) groups is 2. The Balaban J connectivity index is 1.78. The van der Waals surface area contributed by atoms with Crippen molar-refractivity contribution in [2.75, 3.05) is 4.90 Å². The molecule has 35 heavy (non-hydrogen) atoms. The lowest BCUT2D eigenvalue weighted by molar-refractivity contribution is -0.384. The summed E-state index contributed by atoms with van der Waals surface area (Å²) in [6, 6.07) is 29.8. The van der Waals surface area contributed by atoms with E-state index in [1.807, 2.05) is 48.5 Å². The van der Waals surface area contributed by atoms with Gasteiger partial charge in [0.05, 0.1) is 4.92 Å². The second kappa shape index (κ2) is 8.83. The third kappa shape index (κ3) is 3.81. The minimum atomic E-state index is -0.631. The third-order valence-corrected chi connectivity index (χ3v) is 6.09. The summed E-state index contributed by atoms with van der Waals surface area (Å²) in [7, 11) is 0. The SMILES string of the molecule is Cc1cccc(N(C(=O)c2cccc3ccccc23)C(=O)c2cccc3ccccc23)c1[N+](=O)[O-]. The van der Waals surface area contributed by atoms with Crippen LogP contribution in [0.4, 0.5) is 11.4 Å². The Kier molecular flexibility index (Phi) is 5.55. The van der Waals surface area contributed by atoms with Crippen molar-refractivity contribution in [2.45, 2.75) is 6.92 Å². The van der Waals surface area contributed by atoms with Crippen LogP contribution in [0, 0.1) is 17.0 Å². The number of nitro benzene ring substituents is 1. The van der Waals surface area contributed by atoms with Gasteiger partial charge >= 0.3 is 0 Å². The zero-order valence-corrected chi connectivity index (χ0v) is 18.8. The molecule has 0 aliphatic rings. The van der Waals surface area contributed by atoms with Crippen LogP contribution in [0.25, 0.3) is 21.5 Å². The Bertz CT molecular complexity index is 1540. The van der Waals surface area contributed by atoms with E-state index >= 15 is 0 Å². The van der Waals surface area contributed by atoms with Crippen LogP contribution in [0.15, 0.2) is 103 Å². The van der Waals surface area contributed by atoms with Gasteiger partial charge in [0.25, 0.3) is 17.5 Å². The molecule has 2 amide bonds. The molecule has 0 aliphatic carbocycles. The maximum Gasteiger partial charge on any atom is 0.296 e. The smallest absolute Gasteiger partial charge is 0.268 e. The van der Waals surface area contributed by atoms with E-state index in [1.54, 1.807) is 55.5 Å². The maximum atomic E-state index is 14.1. The third-order valence-electron chi connectivity index (χ3n) is 6.09. The molecule has 0 heterocycles. The van der Waals surface area contributed by atoms with Gasteiger partial charge in [0.15, 0.2) is 0 Å². The van der Waals surface area contributed by atoms with Gasteiger partial charge in [0.1, 0.15) is 5.69 Å². The van der Waals surface area contributed by atoms with Gasteiger partial charge in [-0.15, -0.1) is 0 Å². The zero-order valence-electron chi connectivity index (χ0n) is 18.8. The molecule has 0 unspecified atom stereocenters. The molecule has 0 aliphatic heterocycles. The predicted octanol–water partition coefficient (Wildman–Crippen LogP) is 6.70. The molecule has 0 N–H and O–H groups in total. The average Bonchev–Trinajstić information content (AvgIpc) is 2.87. The Morgan fingerprint density at radius 1 is 0.657 bits per heavy atom. The number of hydrogen-bond acceptors (Lipinski definition) is 4. The van der Waals surface area contributed by atoms with E-state index < -0.39 is 16.7 Å². The first kappa shape index (κ1) is 22.0. The van der Waals surface area contributed by atoms with Gasteiger partial charge in [-0.25, -0.2) is 4.90 Å². The van der Waals surface area contributed by atoms with E-state index in [2.05, 4.69) is 0 Å². The number of para-hydroxylation sites is 1. The molecule has 0 aromatic heterocycles. The van der Waals surface area contributed by atoms with Gasteiger partial charge in [0.2, 0.25) is 0 Å². The Morgan fingerprint density at radius 2 is 1.11 bits per heavy atom. The normalized spacial score (nSPS) is 10.9. The molecule has 6 nitrogen and oxygen atoms in total. The summed E-state index contributed by atoms with van der Waals surface area (Å²) in [5.74, 6) is -1.26. The van der Waals surface area contributed by atoms with Gasteiger partial charge in [-0.2, -0.15) is 0 Å². The fourth-order valence-electron chi connectivity index (χ4n) is 4.44. The van der Waals surface area contributed by atoms with Gasteiger partial charge < -0.3 is 0 Å². The van der Waals surface area contributed by atoms with Crippen LogP contribution in [0.2, 0.25) is 0 Å². The van der Waals surface area contributed by atoms with Crippen LogP contribution in [0.1, 0.15) is 26.3 Å². The largest absolute Gasteiger partial charge is 0.296 e. The van der Waals surface area contributed by atoms with Crippen LogP contribution >= 0.6 is 0 Å². The van der Waals surface area contributed by atoms with Crippen molar-refractivity contribution in [3.63, 3.8) is 0 Å². The number of carbonyl (C=O) groups excluding carboxylic acids is 2. The van der Waals surface area contributed by atoms with Gasteiger partial charge in [0, 0.05) is 16.7 Å². The number of aryl methyl sites for hydroxylation is 1. The minimum absolute atomic E-state index is 0.0640. The monoisotopic (exact) mass is 460 g/mol. The highest BCUT2D eigenvalue weighted by molar-refractivity contribution is 6.31. The number of fused-ring (bicyclic) bond motifs is 2. The highest BCUT2D eigenvalue weighted by Gasteiger charge is 2.33. The van der Waals surface area contributed by atoms with E-state index in [4.69, 9.17) is 0 Å². The number of anilines is 1. The zero-order chi connectivity index (χ0) is 24.5. The van der Waals surface area contributed by atoms with E-state index in [-0.39, 0.29) is 22.5 Å². The first-order chi connectivity index (χ1) is 17.0. The molecule has 170 valence electrons. The Labute approximate surface area is 201 Å². The van der Waals surface area contributed by atoms with Gasteiger partial charge in [-0.3, -0.25) is 19.7 Å². The van der Waals surface area contributed by atoms with E-state index in [0.29, 0.717) is 16.3 Å². The van der Waals surface area contributed by atoms with Crippen LogP contribution < -0.4 is 4.90 Å². The number of amides is 2. The topological polar surface area (TPSA) is 80.5 Å². The summed E-state index contributed by atoms with van der Waals surface area (Å²) in [5.41, 5.74) is 0.578. The number of benzene rings is 5. The lowest BCUT2D eigenvalue weighted by atomic mass is 10.0. The van der Waals surface area contributed by atoms with Crippen molar-refractivity contribution >= 4 is 44.7 Å². The van der Waals surface area contributed by atoms with Crippen molar-refractivity contribution in [2.24, 2.45) is 0 Å². The minimum Gasteiger partial charge on any atom is -0.268 e. The Hall–Kier alpha value is -4.84. The highest BCUT2D eigenvalue weighted by atomic mass is 16.6. The molecule has 0 radical (unpaired) electrons. The van der Waals surface area contributed by atoms with Crippen molar-refractivity contribution < 1.29 is 14.5 Å². The molecular weight excluding hydrogens is 440 g/mol. The van der Waals surface area contributed by atoms with Crippen LogP contribution in [-0.4, -0.2) is 16.7 Å². The molecule has 5 aromatic carbocycles. The number of imide groups is 1. The van der Waals surface area contributed by atoms with Crippen LogP contribution in [0.5, 0.6) is 0 Å². The highest BCUT2D eigenvalue weighted by Crippen LogP contribution is 2.35. The lowest BCUT2D eigenvalue weighted by Crippen LogP contribution is -2.38. The molecule has 0 atom stereocenters. The molecular formula is C29H20N2O4. The standard InChI is InChI=1S/C29H20N2O4/c1-19-9-6-18-26(27(19)31(34)35)30(28(32)24-16-7-12-20-10-2-4-14-22(20)24)29(33)25-17-8-13-21-11-3-5-15-23(21)25/h2-18H,1H3. The van der Waals surface area contributed by atoms with Gasteiger partial charge in [-0.1, -0.05) is 84.9 Å². The number of hydrogen-bond donors (Lipinski definition) is 0. The van der Waals surface area contributed by atoms with Crippen molar-refractivity contribution in [1.82, 2.24) is 0 Å². The lowest BCUT2D eigenvalue weighted by Gasteiger charge is -2.23. The van der Waals surface area contributed by atoms with Crippen LogP contribution in [-0.2, 0) is 0 Å². The average molecular weight is 460 g/mol. The number of nitro groups is 1. The van der Waals surface area contributed by atoms with E-state index in [0.717, 1.165) is 15.7 Å². The van der Waals surface area contributed by atoms with Crippen molar-refractivity contribution in [3.05, 3.63) is 130 Å². The molecule has 0 saturated carbocycles. The fraction of sp³-hybridized carbons (Fsp3) is 0.0345. The van der Waals surface area contributed by atoms with Crippen molar-refractivity contribution in [3.8, 4) is 0 Å². The van der Waals surface area contributed by atoms with Crippen molar-refractivity contribution in [1.29, 1.82) is 0 Å². The molecule has 0 spiro atoms. The summed E-state index contributed by atoms with van der Waals surface area (Å²) >= 11 is 0. The van der Waals surface area contributed by atoms with E-state index in [1.165, 1.54) is 6.07 Å². The molecule has 5 aromatic rings. The quantitative estimate of drug-likeness (QED) is 0.170. The number of nitrogens with zero attached hydrogens (tertiary/aromatic N) is 2. The maximum absolute atomic E-state index is 14.1. The predicted molar refractivity (Wildman–Crippen MR) is 137 cm³/mol. The summed E-state index contributed by atoms with van der Waals surface area (Å²) in [6.07, 6.45) is 0. The first-order valence-corrected chi connectivity index (χ1v) is 11.1. The second-order valence-electron chi connectivity index (χ2n) is 8.20. The van der Waals surface area contributed by atoms with E-state index in [9.17, 15) is 19.7 Å². The molecule has 5 rings (SSSR count). The molecule has 0 bridgehead atoms. The second-order valence-corrected chi connectivity index (χ2v) is 8.20. The van der Waals surface area contributed by atoms with Gasteiger partial charge in [-0.05, 0) is 46.7 Å². The van der Waals surface area contributed by atoms with Crippen LogP contribution in [0.3, 0.4) is 0 Å². The Morgan fingerprint density at radius 3 is 1.63 bits per heavy atom. The summed E-state index contributed by atoms with van der Waals surface area (Å²) in [6.45, 7) is 1.59. The number of rotatable bonds is 4. The summed E-state index contributed by atoms with van der Waals surface area (Å²) in [5, 5.41) is 15.0.